The van der Waals surface area contributed by atoms with E-state index in [1.54, 1.807) is 6.92 Å². The van der Waals surface area contributed by atoms with Crippen LogP contribution in [0.5, 0.6) is 0 Å². The van der Waals surface area contributed by atoms with Gasteiger partial charge in [-0.2, -0.15) is 15.8 Å². The van der Waals surface area contributed by atoms with Gasteiger partial charge in [0.1, 0.15) is 0 Å². The highest BCUT2D eigenvalue weighted by molar-refractivity contribution is 9.10. The largest absolute Gasteiger partial charge is 0.443 e. The number of unbranched alkanes of at least 4 members (excludes halogenated alkanes) is 2. The Balaban J connectivity index is 2.21. The SMILES string of the molecule is CCCCCC1OC2(c3ccc(Br)cc3)OC(=N)C(C#N)(C2C)C1(C#N)C#N. The van der Waals surface area contributed by atoms with Crippen molar-refractivity contribution < 1.29 is 9.47 Å². The molecule has 2 saturated heterocycles. The lowest BCUT2D eigenvalue weighted by atomic mass is 9.53. The standard InChI is InChI=1S/C21H21BrN4O2/c1-3-4-5-6-17-19(11-23,12-24)20(13-25)14(2)21(27-17,28-18(20)26)15-7-9-16(22)10-8-15/h7-10,14,17,26H,3-6H2,1-2H3. The molecule has 6 nitrogen and oxygen atoms in total. The first-order valence-electron chi connectivity index (χ1n) is 9.34. The average Bonchev–Trinajstić information content (AvgIpc) is 2.86. The lowest BCUT2D eigenvalue weighted by Gasteiger charge is -2.48. The zero-order valence-electron chi connectivity index (χ0n) is 15.8. The van der Waals surface area contributed by atoms with Gasteiger partial charge in [0, 0.05) is 10.0 Å². The number of rotatable bonds is 5. The fraction of sp³-hybridized carbons (Fsp3) is 0.524. The third-order valence-electron chi connectivity index (χ3n) is 6.10. The van der Waals surface area contributed by atoms with Gasteiger partial charge in [0.2, 0.25) is 11.7 Å². The molecule has 2 fully saturated rings. The van der Waals surface area contributed by atoms with Crippen LogP contribution in [0.2, 0.25) is 0 Å². The lowest BCUT2D eigenvalue weighted by Crippen LogP contribution is -2.60. The van der Waals surface area contributed by atoms with Crippen molar-refractivity contribution in [3.63, 3.8) is 0 Å². The molecule has 4 atom stereocenters. The molecule has 0 saturated carbocycles. The highest BCUT2D eigenvalue weighted by atomic mass is 79.9. The van der Waals surface area contributed by atoms with Crippen molar-refractivity contribution in [3.05, 3.63) is 34.3 Å². The summed E-state index contributed by atoms with van der Waals surface area (Å²) in [4.78, 5) is 0. The van der Waals surface area contributed by atoms with Gasteiger partial charge in [0.05, 0.1) is 30.2 Å². The van der Waals surface area contributed by atoms with Gasteiger partial charge in [0.15, 0.2) is 10.8 Å². The maximum atomic E-state index is 10.2. The maximum Gasteiger partial charge on any atom is 0.243 e. The zero-order chi connectivity index (χ0) is 20.6. The van der Waals surface area contributed by atoms with Gasteiger partial charge in [-0.1, -0.05) is 61.2 Å². The van der Waals surface area contributed by atoms with Gasteiger partial charge in [-0.15, -0.1) is 0 Å². The molecule has 2 aliphatic heterocycles. The Kier molecular flexibility index (Phi) is 5.24. The van der Waals surface area contributed by atoms with Gasteiger partial charge in [0.25, 0.3) is 0 Å². The molecule has 0 aromatic heterocycles. The van der Waals surface area contributed by atoms with Gasteiger partial charge in [-0.25, -0.2) is 0 Å². The van der Waals surface area contributed by atoms with E-state index in [-0.39, 0.29) is 5.90 Å². The number of hydrogen-bond acceptors (Lipinski definition) is 6. The second-order valence-corrected chi connectivity index (χ2v) is 8.30. The summed E-state index contributed by atoms with van der Waals surface area (Å²) >= 11 is 3.40. The van der Waals surface area contributed by atoms with E-state index in [9.17, 15) is 15.8 Å². The van der Waals surface area contributed by atoms with Crippen molar-refractivity contribution in [2.45, 2.75) is 51.4 Å². The van der Waals surface area contributed by atoms with Crippen molar-refractivity contribution >= 4 is 21.8 Å². The summed E-state index contributed by atoms with van der Waals surface area (Å²) in [7, 11) is 0. The van der Waals surface area contributed by atoms with E-state index in [1.807, 2.05) is 24.3 Å². The Bertz CT molecular complexity index is 896. The van der Waals surface area contributed by atoms with Crippen LogP contribution in [-0.2, 0) is 15.3 Å². The van der Waals surface area contributed by atoms with Crippen molar-refractivity contribution in [1.29, 1.82) is 21.2 Å². The van der Waals surface area contributed by atoms with Crippen LogP contribution in [0.25, 0.3) is 0 Å². The van der Waals surface area contributed by atoms with E-state index >= 15 is 0 Å². The minimum Gasteiger partial charge on any atom is -0.443 e. The maximum absolute atomic E-state index is 10.2. The smallest absolute Gasteiger partial charge is 0.243 e. The number of nitrogens with zero attached hydrogens (tertiary/aromatic N) is 3. The van der Waals surface area contributed by atoms with Crippen molar-refractivity contribution in [2.24, 2.45) is 16.7 Å². The molecule has 1 N–H and O–H groups in total. The monoisotopic (exact) mass is 440 g/mol. The average molecular weight is 441 g/mol. The molecule has 2 heterocycles. The fourth-order valence-electron chi connectivity index (χ4n) is 4.50. The van der Waals surface area contributed by atoms with Crippen LogP contribution in [0.4, 0.5) is 0 Å². The Labute approximate surface area is 173 Å². The van der Waals surface area contributed by atoms with E-state index in [2.05, 4.69) is 41.1 Å². The predicted molar refractivity (Wildman–Crippen MR) is 105 cm³/mol. The number of nitrogens with one attached hydrogen (secondary N) is 1. The van der Waals surface area contributed by atoms with Crippen molar-refractivity contribution in [1.82, 2.24) is 0 Å². The quantitative estimate of drug-likeness (QED) is 0.662. The van der Waals surface area contributed by atoms with E-state index < -0.39 is 28.6 Å². The minimum absolute atomic E-state index is 0.369. The first-order valence-corrected chi connectivity index (χ1v) is 10.1. The fourth-order valence-corrected chi connectivity index (χ4v) is 4.76. The first kappa shape index (κ1) is 20.3. The molecule has 2 bridgehead atoms. The Morgan fingerprint density at radius 2 is 1.75 bits per heavy atom. The summed E-state index contributed by atoms with van der Waals surface area (Å²) in [6, 6.07) is 13.6. The van der Waals surface area contributed by atoms with E-state index in [0.717, 1.165) is 23.7 Å². The van der Waals surface area contributed by atoms with Gasteiger partial charge < -0.3 is 9.47 Å². The number of fused-ring (bicyclic) bond motifs is 2. The summed E-state index contributed by atoms with van der Waals surface area (Å²) in [6.07, 6.45) is 2.26. The van der Waals surface area contributed by atoms with E-state index in [0.29, 0.717) is 12.0 Å². The first-order chi connectivity index (χ1) is 13.4. The van der Waals surface area contributed by atoms with E-state index in [1.165, 1.54) is 0 Å². The van der Waals surface area contributed by atoms with Crippen LogP contribution in [0.15, 0.2) is 28.7 Å². The van der Waals surface area contributed by atoms with Crippen LogP contribution in [0.1, 0.15) is 45.1 Å². The van der Waals surface area contributed by atoms with Crippen molar-refractivity contribution in [2.75, 3.05) is 0 Å². The molecule has 7 heteroatoms. The number of halogens is 1. The Morgan fingerprint density at radius 3 is 2.29 bits per heavy atom. The van der Waals surface area contributed by atoms with Gasteiger partial charge in [-0.05, 0) is 18.6 Å². The topological polar surface area (TPSA) is 114 Å². The second-order valence-electron chi connectivity index (χ2n) is 7.38. The second kappa shape index (κ2) is 7.21. The molecule has 144 valence electrons. The highest BCUT2D eigenvalue weighted by Gasteiger charge is 2.79. The molecule has 1 aromatic carbocycles. The molecular formula is C21H21BrN4O2. The van der Waals surface area contributed by atoms with Crippen molar-refractivity contribution in [3.8, 4) is 18.2 Å². The number of hydrogen-bond donors (Lipinski definition) is 1. The molecule has 4 unspecified atom stereocenters. The number of nitriles is 3. The van der Waals surface area contributed by atoms with Gasteiger partial charge >= 0.3 is 0 Å². The normalized spacial score (nSPS) is 32.6. The van der Waals surface area contributed by atoms with Crippen LogP contribution < -0.4 is 0 Å². The van der Waals surface area contributed by atoms with Crippen LogP contribution in [-0.4, -0.2) is 12.0 Å². The molecule has 0 spiro atoms. The van der Waals surface area contributed by atoms with E-state index in [4.69, 9.17) is 14.9 Å². The molecule has 1 aromatic rings. The molecular weight excluding hydrogens is 420 g/mol. The number of benzene rings is 1. The summed E-state index contributed by atoms with van der Waals surface area (Å²) in [6.45, 7) is 3.78. The minimum atomic E-state index is -1.80. The third-order valence-corrected chi connectivity index (χ3v) is 6.63. The van der Waals surface area contributed by atoms with Gasteiger partial charge in [-0.3, -0.25) is 5.41 Å². The Hall–Kier alpha value is -2.40. The summed E-state index contributed by atoms with van der Waals surface area (Å²) < 4.78 is 13.2. The molecule has 0 amide bonds. The van der Waals surface area contributed by atoms with Crippen LogP contribution in [0.3, 0.4) is 0 Å². The lowest BCUT2D eigenvalue weighted by molar-refractivity contribution is -0.286. The zero-order valence-corrected chi connectivity index (χ0v) is 17.4. The molecule has 0 aliphatic carbocycles. The summed E-state index contributed by atoms with van der Waals surface area (Å²) in [5, 5.41) is 38.8. The number of ether oxygens (including phenoxy) is 2. The van der Waals surface area contributed by atoms with Crippen LogP contribution in [0, 0.1) is 56.2 Å². The molecule has 0 radical (unpaired) electrons. The highest BCUT2D eigenvalue weighted by Crippen LogP contribution is 2.66. The summed E-state index contributed by atoms with van der Waals surface area (Å²) in [5.74, 6) is -2.45. The molecule has 28 heavy (non-hydrogen) atoms. The summed E-state index contributed by atoms with van der Waals surface area (Å²) in [5.41, 5.74) is -2.84. The third kappa shape index (κ3) is 2.42. The molecule has 3 rings (SSSR count). The molecule has 2 aliphatic rings. The van der Waals surface area contributed by atoms with Crippen LogP contribution >= 0.6 is 15.9 Å². The predicted octanol–water partition coefficient (Wildman–Crippen LogP) is 4.77. The Morgan fingerprint density at radius 1 is 1.11 bits per heavy atom.